The minimum atomic E-state index is -4.87. The molecule has 35 heavy (non-hydrogen) atoms. The van der Waals surface area contributed by atoms with Gasteiger partial charge in [0.2, 0.25) is 10.0 Å². The Hall–Kier alpha value is -1.71. The molecule has 0 amide bonds. The zero-order valence-electron chi connectivity index (χ0n) is 19.4. The van der Waals surface area contributed by atoms with E-state index in [1.54, 1.807) is 16.3 Å². The largest absolute Gasteiger partial charge is 0.421 e. The minimum absolute atomic E-state index is 0.0249. The molecule has 1 fully saturated rings. The highest BCUT2D eigenvalue weighted by Crippen LogP contribution is 2.39. The van der Waals surface area contributed by atoms with Crippen LogP contribution in [0.25, 0.3) is 0 Å². The van der Waals surface area contributed by atoms with Gasteiger partial charge in [0.1, 0.15) is 4.21 Å². The van der Waals surface area contributed by atoms with E-state index in [4.69, 9.17) is 0 Å². The molecule has 1 saturated heterocycles. The Bertz CT molecular complexity index is 1210. The molecule has 1 aromatic carbocycles. The summed E-state index contributed by atoms with van der Waals surface area (Å²) in [6.07, 6.45) is -4.87. The topological polar surface area (TPSA) is 107 Å². The fraction of sp³-hybridized carbons (Fsp3) is 0.524. The fourth-order valence-electron chi connectivity index (χ4n) is 3.62. The summed E-state index contributed by atoms with van der Waals surface area (Å²) in [5.41, 5.74) is -2.90. The molecule has 0 bridgehead atoms. The predicted molar refractivity (Wildman–Crippen MR) is 128 cm³/mol. The maximum absolute atomic E-state index is 13.2. The third-order valence-corrected chi connectivity index (χ3v) is 11.0. The average molecular weight is 556 g/mol. The minimum Gasteiger partial charge on any atom is -0.376 e. The fourth-order valence-corrected chi connectivity index (χ4v) is 6.99. The van der Waals surface area contributed by atoms with E-state index < -0.39 is 43.1 Å². The van der Waals surface area contributed by atoms with Crippen molar-refractivity contribution in [2.45, 2.75) is 48.0 Å². The van der Waals surface area contributed by atoms with Gasteiger partial charge in [-0.1, -0.05) is 18.2 Å². The number of hydrogen-bond donors (Lipinski definition) is 2. The van der Waals surface area contributed by atoms with Crippen molar-refractivity contribution in [3.63, 3.8) is 0 Å². The molecule has 14 heteroatoms. The second kappa shape index (κ2) is 9.98. The molecule has 1 aliphatic heterocycles. The summed E-state index contributed by atoms with van der Waals surface area (Å²) in [6.45, 7) is 3.87. The third-order valence-electron chi connectivity index (χ3n) is 5.99. The van der Waals surface area contributed by atoms with Crippen molar-refractivity contribution in [2.75, 3.05) is 31.1 Å². The molecule has 8 nitrogen and oxygen atoms in total. The van der Waals surface area contributed by atoms with Gasteiger partial charge < -0.3 is 10.0 Å². The van der Waals surface area contributed by atoms with Crippen molar-refractivity contribution in [1.82, 2.24) is 9.03 Å². The van der Waals surface area contributed by atoms with E-state index in [1.807, 2.05) is 0 Å². The summed E-state index contributed by atoms with van der Waals surface area (Å²) >= 11 is 1.08. The number of aliphatic hydroxyl groups is 1. The molecule has 0 aliphatic carbocycles. The van der Waals surface area contributed by atoms with Gasteiger partial charge in [0, 0.05) is 31.9 Å². The average Bonchev–Trinajstić information content (AvgIpc) is 3.33. The number of hydrogen-bond acceptors (Lipinski definition) is 7. The molecular weight excluding hydrogens is 527 g/mol. The van der Waals surface area contributed by atoms with Crippen molar-refractivity contribution in [3.05, 3.63) is 47.3 Å². The van der Waals surface area contributed by atoms with Crippen LogP contribution in [-0.2, 0) is 25.6 Å². The van der Waals surface area contributed by atoms with Crippen LogP contribution in [0.3, 0.4) is 0 Å². The number of piperazine rings is 1. The van der Waals surface area contributed by atoms with Gasteiger partial charge in [-0.25, -0.2) is 21.6 Å². The van der Waals surface area contributed by atoms with Crippen LogP contribution in [0.2, 0.25) is 0 Å². The quantitative estimate of drug-likeness (QED) is 0.519. The number of anilines is 1. The lowest BCUT2D eigenvalue weighted by atomic mass is 9.95. The third kappa shape index (κ3) is 5.83. The van der Waals surface area contributed by atoms with Gasteiger partial charge >= 0.3 is 6.18 Å². The molecule has 1 aromatic heterocycles. The lowest BCUT2D eigenvalue weighted by Gasteiger charge is -2.42. The van der Waals surface area contributed by atoms with Crippen molar-refractivity contribution < 1.29 is 35.1 Å². The van der Waals surface area contributed by atoms with Gasteiger partial charge in [0.15, 0.2) is 5.60 Å². The molecule has 2 heterocycles. The van der Waals surface area contributed by atoms with E-state index in [0.717, 1.165) is 23.5 Å². The van der Waals surface area contributed by atoms with Gasteiger partial charge in [-0.3, -0.25) is 0 Å². The second-order valence-electron chi connectivity index (χ2n) is 8.70. The van der Waals surface area contributed by atoms with Crippen LogP contribution in [0, 0.1) is 0 Å². The normalized spacial score (nSPS) is 20.2. The highest BCUT2D eigenvalue weighted by molar-refractivity contribution is 7.91. The molecule has 0 spiro atoms. The van der Waals surface area contributed by atoms with Crippen molar-refractivity contribution >= 4 is 37.1 Å². The summed E-state index contributed by atoms with van der Waals surface area (Å²) in [4.78, 5) is 1.76. The lowest BCUT2D eigenvalue weighted by Crippen LogP contribution is -2.58. The number of nitrogens with one attached hydrogen (secondary N) is 1. The Morgan fingerprint density at radius 1 is 1.11 bits per heavy atom. The first kappa shape index (κ1) is 27.9. The summed E-state index contributed by atoms with van der Waals surface area (Å²) < 4.78 is 94.3. The van der Waals surface area contributed by atoms with E-state index in [-0.39, 0.29) is 36.0 Å². The Morgan fingerprint density at radius 2 is 1.74 bits per heavy atom. The van der Waals surface area contributed by atoms with Crippen LogP contribution in [0.15, 0.2) is 46.0 Å². The Balaban J connectivity index is 1.89. The lowest BCUT2D eigenvalue weighted by molar-refractivity contribution is -0.258. The zero-order chi connectivity index (χ0) is 26.2. The standard InChI is InChI=1S/C21H28F3N3O5S3/c1-15(2)34(29,30)25-13-18-14-26(35(31,32)19-5-4-12-33-19)10-11-27(18)17-8-6-16(7-9-17)20(3,28)21(22,23)24/h4-9,12,15,18,25,28H,10-11,13-14H2,1-3H3/t18-,20+/m0/s1. The maximum Gasteiger partial charge on any atom is 0.421 e. The number of nitrogens with zero attached hydrogens (tertiary/aromatic N) is 2. The molecule has 0 unspecified atom stereocenters. The predicted octanol–water partition coefficient (Wildman–Crippen LogP) is 2.73. The van der Waals surface area contributed by atoms with Gasteiger partial charge in [0.05, 0.1) is 11.3 Å². The number of benzene rings is 1. The first-order chi connectivity index (χ1) is 16.1. The number of halogens is 3. The van der Waals surface area contributed by atoms with E-state index in [1.165, 1.54) is 36.4 Å². The van der Waals surface area contributed by atoms with E-state index in [2.05, 4.69) is 4.72 Å². The zero-order valence-corrected chi connectivity index (χ0v) is 21.8. The monoisotopic (exact) mass is 555 g/mol. The molecular formula is C21H28F3N3O5S3. The number of alkyl halides is 3. The van der Waals surface area contributed by atoms with Crippen LogP contribution in [-0.4, -0.2) is 69.9 Å². The summed E-state index contributed by atoms with van der Waals surface area (Å²) in [7, 11) is -7.42. The Labute approximate surface area is 207 Å². The van der Waals surface area contributed by atoms with Crippen molar-refractivity contribution in [3.8, 4) is 0 Å². The van der Waals surface area contributed by atoms with Gasteiger partial charge in [-0.15, -0.1) is 11.3 Å². The molecule has 0 saturated carbocycles. The van der Waals surface area contributed by atoms with E-state index in [9.17, 15) is 35.1 Å². The first-order valence-electron chi connectivity index (χ1n) is 10.8. The van der Waals surface area contributed by atoms with E-state index in [0.29, 0.717) is 12.6 Å². The van der Waals surface area contributed by atoms with Gasteiger partial charge in [-0.05, 0) is 49.9 Å². The SMILES string of the molecule is CC(C)S(=O)(=O)NC[C@H]1CN(S(=O)(=O)c2cccs2)CCN1c1ccc([C@@](C)(O)C(F)(F)F)cc1. The highest BCUT2D eigenvalue weighted by atomic mass is 32.2. The first-order valence-corrected chi connectivity index (χ1v) is 14.6. The number of sulfonamides is 2. The molecule has 3 rings (SSSR count). The summed E-state index contributed by atoms with van der Waals surface area (Å²) in [6, 6.07) is 7.63. The van der Waals surface area contributed by atoms with Gasteiger partial charge in [-0.2, -0.15) is 17.5 Å². The summed E-state index contributed by atoms with van der Waals surface area (Å²) in [5, 5.41) is 10.9. The summed E-state index contributed by atoms with van der Waals surface area (Å²) in [5.74, 6) is 0. The second-order valence-corrected chi connectivity index (χ2v) is 14.1. The van der Waals surface area contributed by atoms with Gasteiger partial charge in [0.25, 0.3) is 10.0 Å². The van der Waals surface area contributed by atoms with Crippen molar-refractivity contribution in [1.29, 1.82) is 0 Å². The van der Waals surface area contributed by atoms with Crippen LogP contribution in [0.5, 0.6) is 0 Å². The van der Waals surface area contributed by atoms with E-state index >= 15 is 0 Å². The Kier molecular flexibility index (Phi) is 7.95. The van der Waals surface area contributed by atoms with Crippen LogP contribution >= 0.6 is 11.3 Å². The molecule has 1 aliphatic rings. The van der Waals surface area contributed by atoms with Crippen LogP contribution in [0.1, 0.15) is 26.3 Å². The molecule has 0 radical (unpaired) electrons. The Morgan fingerprint density at radius 3 is 2.26 bits per heavy atom. The smallest absolute Gasteiger partial charge is 0.376 e. The molecule has 2 aromatic rings. The molecule has 196 valence electrons. The van der Waals surface area contributed by atoms with Crippen molar-refractivity contribution in [2.24, 2.45) is 0 Å². The van der Waals surface area contributed by atoms with Crippen LogP contribution < -0.4 is 9.62 Å². The molecule has 2 N–H and O–H groups in total. The molecule has 2 atom stereocenters. The maximum atomic E-state index is 13.2. The number of thiophene rings is 1. The highest BCUT2D eigenvalue weighted by Gasteiger charge is 2.51. The van der Waals surface area contributed by atoms with Crippen LogP contribution in [0.4, 0.5) is 18.9 Å². The number of rotatable bonds is 8.